The van der Waals surface area contributed by atoms with Gasteiger partial charge in [-0.25, -0.2) is 4.98 Å². The zero-order valence-corrected chi connectivity index (χ0v) is 16.7. The quantitative estimate of drug-likeness (QED) is 0.763. The molecule has 2 aromatic rings. The Morgan fingerprint density at radius 1 is 1.04 bits per heavy atom. The van der Waals surface area contributed by atoms with Crippen LogP contribution in [-0.4, -0.2) is 27.0 Å². The molecule has 0 aliphatic rings. The number of rotatable bonds is 4. The van der Waals surface area contributed by atoms with E-state index in [1.165, 1.54) is 0 Å². The van der Waals surface area contributed by atoms with Crippen molar-refractivity contribution in [3.8, 4) is 0 Å². The van der Waals surface area contributed by atoms with E-state index in [1.54, 1.807) is 12.3 Å². The molecule has 1 aromatic carbocycles. The monoisotopic (exact) mass is 355 g/mol. The average Bonchev–Trinajstić information content (AvgIpc) is 2.48. The van der Waals surface area contributed by atoms with Crippen molar-refractivity contribution in [1.29, 1.82) is 0 Å². The summed E-state index contributed by atoms with van der Waals surface area (Å²) in [7, 11) is 0. The minimum atomic E-state index is -0.280. The van der Waals surface area contributed by atoms with Gasteiger partial charge in [-0.2, -0.15) is 4.98 Å². The summed E-state index contributed by atoms with van der Waals surface area (Å²) in [6.07, 6.45) is 1.78. The molecular weight excluding hydrogens is 326 g/mol. The van der Waals surface area contributed by atoms with Gasteiger partial charge in [-0.15, -0.1) is 0 Å². The average molecular weight is 355 g/mol. The number of aryl methyl sites for hydroxylation is 1. The van der Waals surface area contributed by atoms with Crippen LogP contribution < -0.4 is 16.0 Å². The van der Waals surface area contributed by atoms with Crippen molar-refractivity contribution in [3.05, 3.63) is 41.6 Å². The molecule has 1 aromatic heterocycles. The molecule has 1 heterocycles. The predicted octanol–water partition coefficient (Wildman–Crippen LogP) is 4.27. The van der Waals surface area contributed by atoms with Crippen LogP contribution in [0.2, 0.25) is 0 Å². The summed E-state index contributed by atoms with van der Waals surface area (Å²) in [5.41, 5.74) is 1.92. The Hall–Kier alpha value is -2.63. The molecule has 0 unspecified atom stereocenters. The minimum absolute atomic E-state index is 0.101. The fourth-order valence-electron chi connectivity index (χ4n) is 2.25. The Kier molecular flexibility index (Phi) is 5.54. The van der Waals surface area contributed by atoms with Crippen LogP contribution in [0.5, 0.6) is 0 Å². The van der Waals surface area contributed by atoms with Crippen LogP contribution in [0.1, 0.15) is 57.5 Å². The second kappa shape index (κ2) is 7.32. The van der Waals surface area contributed by atoms with E-state index in [1.807, 2.05) is 45.9 Å². The number of carbonyl (C=O) groups excluding carboxylic acids is 1. The number of anilines is 3. The predicted molar refractivity (Wildman–Crippen MR) is 107 cm³/mol. The highest BCUT2D eigenvalue weighted by Crippen LogP contribution is 2.21. The molecule has 0 aliphatic carbocycles. The van der Waals surface area contributed by atoms with Crippen molar-refractivity contribution in [2.24, 2.45) is 0 Å². The maximum Gasteiger partial charge on any atom is 0.251 e. The summed E-state index contributed by atoms with van der Waals surface area (Å²) < 4.78 is 0. The SMILES string of the molecule is Cc1cnc(NC(C)(C)C)nc1Nc1cccc(C(=O)NC(C)(C)C)c1. The fourth-order valence-corrected chi connectivity index (χ4v) is 2.25. The third-order valence-electron chi connectivity index (χ3n) is 3.33. The second-order valence-corrected chi connectivity index (χ2v) is 8.51. The van der Waals surface area contributed by atoms with Crippen molar-refractivity contribution >= 4 is 23.4 Å². The Bertz CT molecular complexity index is 788. The molecule has 0 aliphatic heterocycles. The molecule has 0 saturated heterocycles. The summed E-state index contributed by atoms with van der Waals surface area (Å²) in [4.78, 5) is 21.2. The number of aromatic nitrogens is 2. The summed E-state index contributed by atoms with van der Waals surface area (Å²) in [6, 6.07) is 7.38. The maximum absolute atomic E-state index is 12.4. The van der Waals surface area contributed by atoms with E-state index in [2.05, 4.69) is 46.7 Å². The number of hydrogen-bond donors (Lipinski definition) is 3. The van der Waals surface area contributed by atoms with Gasteiger partial charge in [0.25, 0.3) is 5.91 Å². The highest BCUT2D eigenvalue weighted by atomic mass is 16.1. The lowest BCUT2D eigenvalue weighted by Crippen LogP contribution is -2.40. The lowest BCUT2D eigenvalue weighted by Gasteiger charge is -2.21. The zero-order valence-electron chi connectivity index (χ0n) is 16.7. The Morgan fingerprint density at radius 3 is 2.35 bits per heavy atom. The van der Waals surface area contributed by atoms with E-state index in [0.29, 0.717) is 17.3 Å². The fraction of sp³-hybridized carbons (Fsp3) is 0.450. The number of hydrogen-bond acceptors (Lipinski definition) is 5. The van der Waals surface area contributed by atoms with Crippen LogP contribution in [0.15, 0.2) is 30.5 Å². The molecule has 0 bridgehead atoms. The normalized spacial score (nSPS) is 11.8. The Labute approximate surface area is 155 Å². The molecule has 2 rings (SSSR count). The van der Waals surface area contributed by atoms with Crippen molar-refractivity contribution in [3.63, 3.8) is 0 Å². The standard InChI is InChI=1S/C20H29N5O/c1-13-12-21-18(25-20(5,6)7)23-16(13)22-15-10-8-9-14(11-15)17(26)24-19(2,3)4/h8-12H,1-7H3,(H,24,26)(H2,21,22,23,25). The highest BCUT2D eigenvalue weighted by Gasteiger charge is 2.16. The molecule has 140 valence electrons. The van der Waals surface area contributed by atoms with E-state index in [-0.39, 0.29) is 17.0 Å². The Balaban J connectivity index is 2.22. The first-order valence-electron chi connectivity index (χ1n) is 8.74. The highest BCUT2D eigenvalue weighted by molar-refractivity contribution is 5.95. The number of nitrogens with one attached hydrogen (secondary N) is 3. The maximum atomic E-state index is 12.4. The van der Waals surface area contributed by atoms with E-state index in [4.69, 9.17) is 0 Å². The van der Waals surface area contributed by atoms with Gasteiger partial charge < -0.3 is 16.0 Å². The molecule has 0 atom stereocenters. The van der Waals surface area contributed by atoms with Crippen LogP contribution in [0.3, 0.4) is 0 Å². The van der Waals surface area contributed by atoms with E-state index >= 15 is 0 Å². The first-order valence-corrected chi connectivity index (χ1v) is 8.74. The van der Waals surface area contributed by atoms with Gasteiger partial charge in [-0.1, -0.05) is 6.07 Å². The van der Waals surface area contributed by atoms with Crippen molar-refractivity contribution < 1.29 is 4.79 Å². The van der Waals surface area contributed by atoms with Crippen molar-refractivity contribution in [2.75, 3.05) is 10.6 Å². The van der Waals surface area contributed by atoms with Crippen LogP contribution >= 0.6 is 0 Å². The molecule has 0 spiro atoms. The van der Waals surface area contributed by atoms with E-state index in [0.717, 1.165) is 11.3 Å². The van der Waals surface area contributed by atoms with E-state index < -0.39 is 0 Å². The molecular formula is C20H29N5O. The number of carbonyl (C=O) groups is 1. The molecule has 0 saturated carbocycles. The van der Waals surface area contributed by atoms with Gasteiger partial charge in [0.2, 0.25) is 5.95 Å². The van der Waals surface area contributed by atoms with Gasteiger partial charge in [0.05, 0.1) is 0 Å². The molecule has 26 heavy (non-hydrogen) atoms. The van der Waals surface area contributed by atoms with Gasteiger partial charge in [-0.3, -0.25) is 4.79 Å². The molecule has 6 nitrogen and oxygen atoms in total. The minimum Gasteiger partial charge on any atom is -0.350 e. The van der Waals surface area contributed by atoms with Crippen LogP contribution in [0.25, 0.3) is 0 Å². The number of nitrogens with zero attached hydrogens (tertiary/aromatic N) is 2. The molecule has 0 radical (unpaired) electrons. The summed E-state index contributed by atoms with van der Waals surface area (Å²) in [5, 5.41) is 9.52. The summed E-state index contributed by atoms with van der Waals surface area (Å²) >= 11 is 0. The van der Waals surface area contributed by atoms with Crippen molar-refractivity contribution in [1.82, 2.24) is 15.3 Å². The second-order valence-electron chi connectivity index (χ2n) is 8.51. The lowest BCUT2D eigenvalue weighted by atomic mass is 10.1. The third-order valence-corrected chi connectivity index (χ3v) is 3.33. The van der Waals surface area contributed by atoms with Gasteiger partial charge >= 0.3 is 0 Å². The molecule has 3 N–H and O–H groups in total. The van der Waals surface area contributed by atoms with Crippen LogP contribution in [-0.2, 0) is 0 Å². The van der Waals surface area contributed by atoms with E-state index in [9.17, 15) is 4.79 Å². The molecule has 1 amide bonds. The largest absolute Gasteiger partial charge is 0.350 e. The first-order chi connectivity index (χ1) is 11.9. The summed E-state index contributed by atoms with van der Waals surface area (Å²) in [6.45, 7) is 14.0. The van der Waals surface area contributed by atoms with Crippen LogP contribution in [0.4, 0.5) is 17.5 Å². The molecule has 6 heteroatoms. The topological polar surface area (TPSA) is 78.9 Å². The van der Waals surface area contributed by atoms with Gasteiger partial charge in [-0.05, 0) is 66.7 Å². The number of amides is 1. The van der Waals surface area contributed by atoms with Crippen molar-refractivity contribution in [2.45, 2.75) is 59.5 Å². The lowest BCUT2D eigenvalue weighted by molar-refractivity contribution is 0.0919. The zero-order chi connectivity index (χ0) is 19.5. The number of benzene rings is 1. The summed E-state index contributed by atoms with van der Waals surface area (Å²) in [5.74, 6) is 1.17. The third kappa shape index (κ3) is 6.02. The van der Waals surface area contributed by atoms with Gasteiger partial charge in [0, 0.05) is 34.1 Å². The first kappa shape index (κ1) is 19.7. The smallest absolute Gasteiger partial charge is 0.251 e. The Morgan fingerprint density at radius 2 is 1.73 bits per heavy atom. The van der Waals surface area contributed by atoms with Crippen LogP contribution in [0, 0.1) is 6.92 Å². The van der Waals surface area contributed by atoms with Gasteiger partial charge in [0.1, 0.15) is 5.82 Å². The molecule has 0 fully saturated rings. The van der Waals surface area contributed by atoms with Gasteiger partial charge in [0.15, 0.2) is 0 Å².